The number of hydrogen-bond donors (Lipinski definition) is 1. The topological polar surface area (TPSA) is 32.3 Å². The Balaban J connectivity index is 2.22. The van der Waals surface area contributed by atoms with E-state index in [1.54, 1.807) is 19.0 Å². The Labute approximate surface area is 106 Å². The summed E-state index contributed by atoms with van der Waals surface area (Å²) in [6, 6.07) is 3.83. The minimum atomic E-state index is -0.838. The van der Waals surface area contributed by atoms with E-state index in [2.05, 4.69) is 5.32 Å². The van der Waals surface area contributed by atoms with Crippen LogP contribution in [0.4, 0.5) is 8.78 Å². The second kappa shape index (κ2) is 7.06. The minimum absolute atomic E-state index is 0.0876. The summed E-state index contributed by atoms with van der Waals surface area (Å²) < 4.78 is 25.6. The lowest BCUT2D eigenvalue weighted by Gasteiger charge is -2.10. The van der Waals surface area contributed by atoms with Crippen molar-refractivity contribution in [2.45, 2.75) is 19.4 Å². The Kier molecular flexibility index (Phi) is 5.71. The van der Waals surface area contributed by atoms with E-state index < -0.39 is 11.6 Å². The molecule has 1 aromatic rings. The highest BCUT2D eigenvalue weighted by atomic mass is 19.2. The van der Waals surface area contributed by atoms with Crippen molar-refractivity contribution < 1.29 is 13.6 Å². The Morgan fingerprint density at radius 3 is 2.61 bits per heavy atom. The number of hydrogen-bond acceptors (Lipinski definition) is 2. The molecule has 0 aliphatic rings. The second-order valence-electron chi connectivity index (χ2n) is 4.32. The van der Waals surface area contributed by atoms with Crippen LogP contribution < -0.4 is 5.32 Å². The summed E-state index contributed by atoms with van der Waals surface area (Å²) in [4.78, 5) is 12.8. The molecule has 100 valence electrons. The smallest absolute Gasteiger partial charge is 0.222 e. The summed E-state index contributed by atoms with van der Waals surface area (Å²) in [5, 5.41) is 3.08. The van der Waals surface area contributed by atoms with Gasteiger partial charge in [-0.1, -0.05) is 6.07 Å². The van der Waals surface area contributed by atoms with Gasteiger partial charge in [0.25, 0.3) is 0 Å². The van der Waals surface area contributed by atoms with Gasteiger partial charge in [0.1, 0.15) is 0 Å². The van der Waals surface area contributed by atoms with Crippen molar-refractivity contribution >= 4 is 5.91 Å². The van der Waals surface area contributed by atoms with Crippen LogP contribution in [0.1, 0.15) is 18.4 Å². The molecule has 1 rings (SSSR count). The second-order valence-corrected chi connectivity index (χ2v) is 4.32. The van der Waals surface area contributed by atoms with Gasteiger partial charge in [0.2, 0.25) is 5.91 Å². The van der Waals surface area contributed by atoms with Crippen LogP contribution in [0.15, 0.2) is 18.2 Å². The standard InChI is InChI=1S/C13H18F2N2O/c1-17(2)13(18)4-3-7-16-9-10-5-6-11(14)12(15)8-10/h5-6,8,16H,3-4,7,9H2,1-2H3. The molecule has 0 saturated heterocycles. The van der Waals surface area contributed by atoms with Crippen LogP contribution in [0.3, 0.4) is 0 Å². The largest absolute Gasteiger partial charge is 0.349 e. The van der Waals surface area contributed by atoms with Crippen molar-refractivity contribution in [2.24, 2.45) is 0 Å². The SMILES string of the molecule is CN(C)C(=O)CCCNCc1ccc(F)c(F)c1. The molecule has 1 N–H and O–H groups in total. The van der Waals surface area contributed by atoms with Crippen molar-refractivity contribution in [2.75, 3.05) is 20.6 Å². The van der Waals surface area contributed by atoms with Crippen molar-refractivity contribution in [1.82, 2.24) is 10.2 Å². The predicted octanol–water partition coefficient (Wildman–Crippen LogP) is 1.92. The van der Waals surface area contributed by atoms with Gasteiger partial charge >= 0.3 is 0 Å². The average molecular weight is 256 g/mol. The number of amides is 1. The highest BCUT2D eigenvalue weighted by molar-refractivity contribution is 5.75. The molecule has 3 nitrogen and oxygen atoms in total. The molecule has 0 aliphatic carbocycles. The lowest BCUT2D eigenvalue weighted by atomic mass is 10.2. The zero-order chi connectivity index (χ0) is 13.5. The molecule has 5 heteroatoms. The number of nitrogens with zero attached hydrogens (tertiary/aromatic N) is 1. The first-order valence-electron chi connectivity index (χ1n) is 5.85. The van der Waals surface area contributed by atoms with Gasteiger partial charge in [-0.25, -0.2) is 8.78 Å². The quantitative estimate of drug-likeness (QED) is 0.789. The van der Waals surface area contributed by atoms with Crippen LogP contribution in [0.5, 0.6) is 0 Å². The molecule has 0 radical (unpaired) electrons. The molecule has 0 heterocycles. The fraction of sp³-hybridized carbons (Fsp3) is 0.462. The average Bonchev–Trinajstić information content (AvgIpc) is 2.32. The fourth-order valence-electron chi connectivity index (χ4n) is 1.47. The molecule has 0 bridgehead atoms. The van der Waals surface area contributed by atoms with Crippen molar-refractivity contribution in [1.29, 1.82) is 0 Å². The molecule has 0 spiro atoms. The first kappa shape index (κ1) is 14.6. The summed E-state index contributed by atoms with van der Waals surface area (Å²) in [6.07, 6.45) is 1.21. The molecule has 0 aliphatic heterocycles. The highest BCUT2D eigenvalue weighted by Crippen LogP contribution is 2.08. The molecule has 0 aromatic heterocycles. The maximum absolute atomic E-state index is 12.9. The number of carbonyl (C=O) groups is 1. The molecular formula is C13H18F2N2O. The lowest BCUT2D eigenvalue weighted by molar-refractivity contribution is -0.128. The van der Waals surface area contributed by atoms with Crippen LogP contribution in [-0.2, 0) is 11.3 Å². The third-order valence-corrected chi connectivity index (χ3v) is 2.56. The first-order chi connectivity index (χ1) is 8.50. The summed E-state index contributed by atoms with van der Waals surface area (Å²) in [5.74, 6) is -1.59. The van der Waals surface area contributed by atoms with E-state index in [1.807, 2.05) is 0 Å². The minimum Gasteiger partial charge on any atom is -0.349 e. The molecule has 1 aromatic carbocycles. The van der Waals surface area contributed by atoms with Crippen LogP contribution in [0.25, 0.3) is 0 Å². The molecule has 0 unspecified atom stereocenters. The van der Waals surface area contributed by atoms with E-state index >= 15 is 0 Å². The van der Waals surface area contributed by atoms with E-state index in [4.69, 9.17) is 0 Å². The maximum atomic E-state index is 12.9. The Morgan fingerprint density at radius 1 is 1.28 bits per heavy atom. The van der Waals surface area contributed by atoms with Crippen LogP contribution >= 0.6 is 0 Å². The van der Waals surface area contributed by atoms with Crippen molar-refractivity contribution in [3.63, 3.8) is 0 Å². The zero-order valence-electron chi connectivity index (χ0n) is 10.7. The lowest BCUT2D eigenvalue weighted by Crippen LogP contribution is -2.23. The monoisotopic (exact) mass is 256 g/mol. The molecule has 1 amide bonds. The van der Waals surface area contributed by atoms with Crippen LogP contribution in [0.2, 0.25) is 0 Å². The van der Waals surface area contributed by atoms with Gasteiger partial charge in [0.05, 0.1) is 0 Å². The summed E-state index contributed by atoms with van der Waals surface area (Å²) >= 11 is 0. The first-order valence-corrected chi connectivity index (χ1v) is 5.85. The predicted molar refractivity (Wildman–Crippen MR) is 66.0 cm³/mol. The summed E-state index contributed by atoms with van der Waals surface area (Å²) in [5.41, 5.74) is 0.688. The number of carbonyl (C=O) groups excluding carboxylic acids is 1. The van der Waals surface area contributed by atoms with E-state index in [0.29, 0.717) is 25.1 Å². The van der Waals surface area contributed by atoms with Gasteiger partial charge in [-0.15, -0.1) is 0 Å². The van der Waals surface area contributed by atoms with E-state index in [-0.39, 0.29) is 5.91 Å². The maximum Gasteiger partial charge on any atom is 0.222 e. The summed E-state index contributed by atoms with van der Waals surface area (Å²) in [7, 11) is 3.44. The van der Waals surface area contributed by atoms with Gasteiger partial charge in [0.15, 0.2) is 11.6 Å². The van der Waals surface area contributed by atoms with Crippen molar-refractivity contribution in [3.05, 3.63) is 35.4 Å². The van der Waals surface area contributed by atoms with Crippen LogP contribution in [0, 0.1) is 11.6 Å². The van der Waals surface area contributed by atoms with Crippen LogP contribution in [-0.4, -0.2) is 31.4 Å². The highest BCUT2D eigenvalue weighted by Gasteiger charge is 2.04. The van der Waals surface area contributed by atoms with E-state index in [9.17, 15) is 13.6 Å². The van der Waals surface area contributed by atoms with Gasteiger partial charge < -0.3 is 10.2 Å². The van der Waals surface area contributed by atoms with E-state index in [1.165, 1.54) is 12.1 Å². The van der Waals surface area contributed by atoms with Gasteiger partial charge in [-0.2, -0.15) is 0 Å². The summed E-state index contributed by atoms with van der Waals surface area (Å²) in [6.45, 7) is 1.13. The number of benzene rings is 1. The zero-order valence-corrected chi connectivity index (χ0v) is 10.7. The van der Waals surface area contributed by atoms with E-state index in [0.717, 1.165) is 12.5 Å². The molecule has 0 saturated carbocycles. The Morgan fingerprint density at radius 2 is 2.00 bits per heavy atom. The fourth-order valence-corrected chi connectivity index (χ4v) is 1.47. The van der Waals surface area contributed by atoms with Gasteiger partial charge in [-0.3, -0.25) is 4.79 Å². The van der Waals surface area contributed by atoms with Gasteiger partial charge in [-0.05, 0) is 30.7 Å². The number of rotatable bonds is 6. The Hall–Kier alpha value is -1.49. The molecular weight excluding hydrogens is 238 g/mol. The van der Waals surface area contributed by atoms with Crippen molar-refractivity contribution in [3.8, 4) is 0 Å². The third kappa shape index (κ3) is 4.79. The normalized spacial score (nSPS) is 10.4. The number of halogens is 2. The molecule has 0 fully saturated rings. The molecule has 18 heavy (non-hydrogen) atoms. The molecule has 0 atom stereocenters. The number of nitrogens with one attached hydrogen (secondary N) is 1. The Bertz CT molecular complexity index is 408. The van der Waals surface area contributed by atoms with Gasteiger partial charge in [0, 0.05) is 27.1 Å². The third-order valence-electron chi connectivity index (χ3n) is 2.56.